The van der Waals surface area contributed by atoms with Crippen molar-refractivity contribution in [3.63, 3.8) is 0 Å². The summed E-state index contributed by atoms with van der Waals surface area (Å²) in [5, 5.41) is 0.978. The molecule has 0 spiro atoms. The Balaban J connectivity index is 1.88. The predicted octanol–water partition coefficient (Wildman–Crippen LogP) is 4.85. The fourth-order valence-electron chi connectivity index (χ4n) is 2.10. The van der Waals surface area contributed by atoms with Crippen LogP contribution in [0.1, 0.15) is 10.4 Å². The van der Waals surface area contributed by atoms with Gasteiger partial charge in [-0.1, -0.05) is 48.0 Å². The van der Waals surface area contributed by atoms with Crippen LogP contribution in [0.3, 0.4) is 0 Å². The largest absolute Gasteiger partial charge is 0.457 e. The molecular weight excluding hydrogens is 343 g/mol. The Kier molecular flexibility index (Phi) is 5.14. The molecule has 5 heteroatoms. The number of rotatable bonds is 4. The highest BCUT2D eigenvalue weighted by Gasteiger charge is 2.16. The van der Waals surface area contributed by atoms with Crippen molar-refractivity contribution in [2.75, 3.05) is 0 Å². The molecule has 3 aromatic rings. The van der Waals surface area contributed by atoms with Gasteiger partial charge in [0.1, 0.15) is 17.2 Å². The third kappa shape index (κ3) is 3.94. The van der Waals surface area contributed by atoms with Crippen LogP contribution in [0.25, 0.3) is 0 Å². The van der Waals surface area contributed by atoms with Gasteiger partial charge in [-0.25, -0.2) is 4.79 Å². The minimum absolute atomic E-state index is 0.335. The van der Waals surface area contributed by atoms with E-state index < -0.39 is 5.97 Å². The molecule has 3 nitrogen and oxygen atoms in total. The fourth-order valence-corrected chi connectivity index (χ4v) is 2.59. The molecule has 0 bridgehead atoms. The summed E-state index contributed by atoms with van der Waals surface area (Å²) >= 11 is 6.22. The van der Waals surface area contributed by atoms with Gasteiger partial charge in [0.05, 0.1) is 10.6 Å². The van der Waals surface area contributed by atoms with Gasteiger partial charge in [-0.15, -0.1) is 9.24 Å². The van der Waals surface area contributed by atoms with Gasteiger partial charge in [0.15, 0.2) is 0 Å². The number of carbonyl (C=O) groups is 1. The summed E-state index contributed by atoms with van der Waals surface area (Å²) in [5.41, 5.74) is 0.335. The van der Waals surface area contributed by atoms with E-state index in [9.17, 15) is 4.79 Å². The summed E-state index contributed by atoms with van der Waals surface area (Å²) in [4.78, 5) is 12.4. The molecule has 0 aliphatic heterocycles. The van der Waals surface area contributed by atoms with Gasteiger partial charge in [0.25, 0.3) is 0 Å². The molecule has 0 N–H and O–H groups in total. The van der Waals surface area contributed by atoms with E-state index in [1.165, 1.54) is 0 Å². The highest BCUT2D eigenvalue weighted by atomic mass is 35.5. The van der Waals surface area contributed by atoms with Crippen molar-refractivity contribution in [3.8, 4) is 17.2 Å². The first-order valence-electron chi connectivity index (χ1n) is 7.22. The number of benzene rings is 3. The van der Waals surface area contributed by atoms with Gasteiger partial charge >= 0.3 is 5.97 Å². The Morgan fingerprint density at radius 3 is 2.04 bits per heavy atom. The van der Waals surface area contributed by atoms with Gasteiger partial charge in [0, 0.05) is 11.4 Å². The predicted molar refractivity (Wildman–Crippen MR) is 98.7 cm³/mol. The van der Waals surface area contributed by atoms with Crippen molar-refractivity contribution in [1.82, 2.24) is 0 Å². The van der Waals surface area contributed by atoms with Gasteiger partial charge in [-0.3, -0.25) is 0 Å². The highest BCUT2D eigenvalue weighted by molar-refractivity contribution is 7.28. The minimum atomic E-state index is -0.494. The monoisotopic (exact) mass is 356 g/mol. The lowest BCUT2D eigenvalue weighted by Crippen LogP contribution is -2.16. The molecule has 3 aromatic carbocycles. The molecule has 3 rings (SSSR count). The molecule has 0 heterocycles. The lowest BCUT2D eigenvalue weighted by Gasteiger charge is -2.11. The van der Waals surface area contributed by atoms with Crippen LogP contribution in [0, 0.1) is 0 Å². The summed E-state index contributed by atoms with van der Waals surface area (Å²) in [5.74, 6) is 1.11. The number of hydrogen-bond donors (Lipinski definition) is 0. The molecule has 0 aromatic heterocycles. The second-order valence-electron chi connectivity index (χ2n) is 4.98. The molecule has 1 atom stereocenters. The number of carbonyl (C=O) groups excluding carboxylic acids is 1. The lowest BCUT2D eigenvalue weighted by molar-refractivity contribution is 0.0736. The molecule has 0 radical (unpaired) electrons. The van der Waals surface area contributed by atoms with E-state index in [2.05, 4.69) is 9.24 Å². The zero-order chi connectivity index (χ0) is 16.9. The van der Waals surface area contributed by atoms with E-state index in [0.29, 0.717) is 33.1 Å². The average Bonchev–Trinajstić information content (AvgIpc) is 2.59. The molecule has 0 saturated heterocycles. The molecule has 0 aliphatic rings. The van der Waals surface area contributed by atoms with Crippen molar-refractivity contribution >= 4 is 32.1 Å². The van der Waals surface area contributed by atoms with Crippen molar-refractivity contribution in [3.05, 3.63) is 83.4 Å². The number of hydrogen-bond acceptors (Lipinski definition) is 3. The van der Waals surface area contributed by atoms with E-state index >= 15 is 0 Å². The first-order valence-corrected chi connectivity index (χ1v) is 8.18. The van der Waals surface area contributed by atoms with E-state index in [-0.39, 0.29) is 0 Å². The normalized spacial score (nSPS) is 10.2. The Morgan fingerprint density at radius 1 is 0.833 bits per heavy atom. The number of para-hydroxylation sites is 2. The first-order chi connectivity index (χ1) is 11.6. The zero-order valence-electron chi connectivity index (χ0n) is 12.6. The van der Waals surface area contributed by atoms with E-state index in [1.807, 2.05) is 36.4 Å². The standard InChI is InChI=1S/C19H14ClO3P/c20-17-12-15(22-13-7-3-1-4-8-13)11-16(18(17)24)19(21)23-14-9-5-2-6-10-14/h1-12H,24H2. The SMILES string of the molecule is O=C(Oc1ccccc1)c1cc(Oc2ccccc2)cc(Cl)c1P. The van der Waals surface area contributed by atoms with Gasteiger partial charge < -0.3 is 9.47 Å². The van der Waals surface area contributed by atoms with Gasteiger partial charge in [0.2, 0.25) is 0 Å². The Hall–Kier alpha value is -2.35. The first kappa shape index (κ1) is 16.5. The maximum Gasteiger partial charge on any atom is 0.344 e. The number of esters is 1. The Morgan fingerprint density at radius 2 is 1.42 bits per heavy atom. The van der Waals surface area contributed by atoms with Crippen molar-refractivity contribution in [2.24, 2.45) is 0 Å². The van der Waals surface area contributed by atoms with Crippen molar-refractivity contribution in [1.29, 1.82) is 0 Å². The second-order valence-corrected chi connectivity index (χ2v) is 5.97. The number of ether oxygens (including phenoxy) is 2. The maximum absolute atomic E-state index is 12.4. The average molecular weight is 357 g/mol. The minimum Gasteiger partial charge on any atom is -0.457 e. The van der Waals surface area contributed by atoms with Crippen molar-refractivity contribution in [2.45, 2.75) is 0 Å². The van der Waals surface area contributed by atoms with Crippen molar-refractivity contribution < 1.29 is 14.3 Å². The van der Waals surface area contributed by atoms with E-state index in [1.54, 1.807) is 36.4 Å². The molecule has 24 heavy (non-hydrogen) atoms. The lowest BCUT2D eigenvalue weighted by atomic mass is 10.2. The third-order valence-corrected chi connectivity index (χ3v) is 4.37. The molecular formula is C19H14ClO3P. The fraction of sp³-hybridized carbons (Fsp3) is 0. The molecule has 1 unspecified atom stereocenters. The second kappa shape index (κ2) is 7.48. The van der Waals surface area contributed by atoms with Crippen LogP contribution in [0.2, 0.25) is 5.02 Å². The zero-order valence-corrected chi connectivity index (χ0v) is 14.5. The van der Waals surface area contributed by atoms with Gasteiger partial charge in [-0.2, -0.15) is 0 Å². The number of halogens is 1. The molecule has 0 fully saturated rings. The molecule has 0 saturated carbocycles. The van der Waals surface area contributed by atoms with Crippen LogP contribution in [-0.4, -0.2) is 5.97 Å². The molecule has 0 aliphatic carbocycles. The maximum atomic E-state index is 12.4. The van der Waals surface area contributed by atoms with Crippen LogP contribution in [-0.2, 0) is 0 Å². The highest BCUT2D eigenvalue weighted by Crippen LogP contribution is 2.27. The topological polar surface area (TPSA) is 35.5 Å². The van der Waals surface area contributed by atoms with Crippen LogP contribution >= 0.6 is 20.8 Å². The Labute approximate surface area is 147 Å². The summed E-state index contributed by atoms with van der Waals surface area (Å²) in [6, 6.07) is 21.4. The van der Waals surface area contributed by atoms with E-state index in [0.717, 1.165) is 0 Å². The van der Waals surface area contributed by atoms with Crippen LogP contribution < -0.4 is 14.8 Å². The van der Waals surface area contributed by atoms with Gasteiger partial charge in [-0.05, 0) is 30.3 Å². The summed E-state index contributed by atoms with van der Waals surface area (Å²) < 4.78 is 11.1. The smallest absolute Gasteiger partial charge is 0.344 e. The van der Waals surface area contributed by atoms with Crippen LogP contribution in [0.4, 0.5) is 0 Å². The summed E-state index contributed by atoms with van der Waals surface area (Å²) in [7, 11) is 2.46. The molecule has 0 amide bonds. The van der Waals surface area contributed by atoms with Crippen LogP contribution in [0.15, 0.2) is 72.8 Å². The quantitative estimate of drug-likeness (QED) is 0.381. The Bertz CT molecular complexity index is 851. The summed E-state index contributed by atoms with van der Waals surface area (Å²) in [6.07, 6.45) is 0. The van der Waals surface area contributed by atoms with Crippen LogP contribution in [0.5, 0.6) is 17.2 Å². The van der Waals surface area contributed by atoms with E-state index in [4.69, 9.17) is 21.1 Å². The third-order valence-electron chi connectivity index (χ3n) is 3.26. The molecule has 120 valence electrons. The summed E-state index contributed by atoms with van der Waals surface area (Å²) in [6.45, 7) is 0.